The number of aliphatic imine (C=N–C) groups is 1. The fourth-order valence-electron chi connectivity index (χ4n) is 2.02. The van der Waals surface area contributed by atoms with Gasteiger partial charge < -0.3 is 20.1 Å². The summed E-state index contributed by atoms with van der Waals surface area (Å²) in [6.45, 7) is 3.28. The molecule has 2 aromatic rings. The summed E-state index contributed by atoms with van der Waals surface area (Å²) in [4.78, 5) is 21.7. The minimum Gasteiger partial charge on any atom is -0.357 e. The number of hydrogen-bond donors (Lipinski definition) is 2. The zero-order valence-corrected chi connectivity index (χ0v) is 18.6. The van der Waals surface area contributed by atoms with E-state index in [1.807, 2.05) is 19.1 Å². The molecule has 0 unspecified atom stereocenters. The Morgan fingerprint density at radius 2 is 2.11 bits per heavy atom. The third-order valence-corrected chi connectivity index (χ3v) is 3.63. The smallest absolute Gasteiger partial charge is 0.243 e. The molecule has 0 bridgehead atoms. The number of nitrogens with zero attached hydrogens (tertiary/aromatic N) is 4. The second kappa shape index (κ2) is 11.8. The summed E-state index contributed by atoms with van der Waals surface area (Å²) in [5.41, 5.74) is 0.803. The Labute approximate surface area is 180 Å². The van der Waals surface area contributed by atoms with Crippen LogP contribution in [-0.2, 0) is 11.2 Å². The Morgan fingerprint density at radius 3 is 2.78 bits per heavy atom. The van der Waals surface area contributed by atoms with Gasteiger partial charge in [-0.3, -0.25) is 4.79 Å². The lowest BCUT2D eigenvalue weighted by molar-refractivity contribution is -0.127. The molecule has 1 aromatic heterocycles. The number of carbonyl (C=O) groups is 1. The van der Waals surface area contributed by atoms with Gasteiger partial charge >= 0.3 is 0 Å². The Kier molecular flexibility index (Phi) is 10.1. The van der Waals surface area contributed by atoms with Crippen molar-refractivity contribution >= 4 is 47.4 Å². The highest BCUT2D eigenvalue weighted by Crippen LogP contribution is 2.19. The third kappa shape index (κ3) is 7.71. The topological polar surface area (TPSA) is 95.7 Å². The van der Waals surface area contributed by atoms with Gasteiger partial charge in [0.25, 0.3) is 0 Å². The van der Waals surface area contributed by atoms with Gasteiger partial charge in [0.2, 0.25) is 17.6 Å². The van der Waals surface area contributed by atoms with Crippen molar-refractivity contribution in [2.45, 2.75) is 13.3 Å². The van der Waals surface area contributed by atoms with E-state index in [1.54, 1.807) is 26.2 Å². The molecule has 27 heavy (non-hydrogen) atoms. The van der Waals surface area contributed by atoms with Gasteiger partial charge in [0.05, 0.1) is 0 Å². The first-order valence-corrected chi connectivity index (χ1v) is 8.68. The molecule has 10 heteroatoms. The number of likely N-dealkylation sites (N-methyl/N-ethyl adjacent to an activating group) is 1. The largest absolute Gasteiger partial charge is 0.357 e. The van der Waals surface area contributed by atoms with Crippen LogP contribution in [0.25, 0.3) is 11.4 Å². The Morgan fingerprint density at radius 1 is 1.33 bits per heavy atom. The molecule has 2 N–H and O–H groups in total. The molecular weight excluding hydrogens is 483 g/mol. The summed E-state index contributed by atoms with van der Waals surface area (Å²) >= 11 is 5.98. The van der Waals surface area contributed by atoms with Crippen molar-refractivity contribution in [3.8, 4) is 11.4 Å². The molecule has 148 valence electrons. The number of aromatic nitrogens is 2. The number of guanidine groups is 1. The predicted octanol–water partition coefficient (Wildman–Crippen LogP) is 2.19. The number of amides is 1. The molecule has 0 saturated heterocycles. The first-order valence-electron chi connectivity index (χ1n) is 8.30. The molecule has 0 spiro atoms. The number of rotatable bonds is 7. The Bertz CT molecular complexity index is 765. The second-order valence-electron chi connectivity index (χ2n) is 5.68. The molecular formula is C17H24ClIN6O2. The lowest BCUT2D eigenvalue weighted by Crippen LogP contribution is -2.39. The SMILES string of the molecule is CCNC(=NCC(=O)N(C)C)NCCc1nc(-c2cccc(Cl)c2)no1.I. The summed E-state index contributed by atoms with van der Waals surface area (Å²) in [6.07, 6.45) is 0.527. The molecule has 0 aliphatic heterocycles. The number of halogens is 2. The highest BCUT2D eigenvalue weighted by atomic mass is 127. The fraction of sp³-hybridized carbons (Fsp3) is 0.412. The summed E-state index contributed by atoms with van der Waals surface area (Å²) in [5, 5.41) is 10.8. The van der Waals surface area contributed by atoms with Crippen LogP contribution < -0.4 is 10.6 Å². The average Bonchev–Trinajstić information content (AvgIpc) is 3.08. The zero-order chi connectivity index (χ0) is 18.9. The van der Waals surface area contributed by atoms with Gasteiger partial charge in [0.15, 0.2) is 5.96 Å². The van der Waals surface area contributed by atoms with Crippen LogP contribution in [0.15, 0.2) is 33.8 Å². The lowest BCUT2D eigenvalue weighted by Gasteiger charge is -2.12. The van der Waals surface area contributed by atoms with Crippen molar-refractivity contribution in [1.82, 2.24) is 25.7 Å². The number of nitrogens with one attached hydrogen (secondary N) is 2. The maximum Gasteiger partial charge on any atom is 0.243 e. The molecule has 0 atom stereocenters. The molecule has 0 radical (unpaired) electrons. The molecule has 1 heterocycles. The predicted molar refractivity (Wildman–Crippen MR) is 117 cm³/mol. The Balaban J connectivity index is 0.00000364. The van der Waals surface area contributed by atoms with Crippen molar-refractivity contribution in [3.05, 3.63) is 35.2 Å². The van der Waals surface area contributed by atoms with Gasteiger partial charge in [0.1, 0.15) is 6.54 Å². The second-order valence-corrected chi connectivity index (χ2v) is 6.12. The molecule has 2 rings (SSSR count). The van der Waals surface area contributed by atoms with E-state index in [0.717, 1.165) is 5.56 Å². The van der Waals surface area contributed by atoms with Crippen LogP contribution in [0.5, 0.6) is 0 Å². The van der Waals surface area contributed by atoms with Gasteiger partial charge in [0, 0.05) is 44.2 Å². The summed E-state index contributed by atoms with van der Waals surface area (Å²) in [5.74, 6) is 1.51. The van der Waals surface area contributed by atoms with Crippen molar-refractivity contribution in [2.75, 3.05) is 33.7 Å². The fourth-order valence-corrected chi connectivity index (χ4v) is 2.21. The van der Waals surface area contributed by atoms with Crippen LogP contribution >= 0.6 is 35.6 Å². The molecule has 8 nitrogen and oxygen atoms in total. The monoisotopic (exact) mass is 506 g/mol. The van der Waals surface area contributed by atoms with Gasteiger partial charge in [-0.2, -0.15) is 4.98 Å². The highest BCUT2D eigenvalue weighted by Gasteiger charge is 2.09. The number of carbonyl (C=O) groups excluding carboxylic acids is 1. The normalized spacial score (nSPS) is 10.9. The van der Waals surface area contributed by atoms with Gasteiger partial charge in [-0.1, -0.05) is 28.9 Å². The van der Waals surface area contributed by atoms with E-state index in [4.69, 9.17) is 16.1 Å². The van der Waals surface area contributed by atoms with E-state index in [2.05, 4.69) is 25.8 Å². The van der Waals surface area contributed by atoms with Gasteiger partial charge in [-0.15, -0.1) is 24.0 Å². The summed E-state index contributed by atoms with van der Waals surface area (Å²) in [7, 11) is 3.40. The van der Waals surface area contributed by atoms with Crippen LogP contribution in [-0.4, -0.2) is 60.6 Å². The molecule has 0 saturated carbocycles. The van der Waals surface area contributed by atoms with E-state index in [-0.39, 0.29) is 36.4 Å². The lowest BCUT2D eigenvalue weighted by atomic mass is 10.2. The van der Waals surface area contributed by atoms with Crippen LogP contribution in [0.3, 0.4) is 0 Å². The quantitative estimate of drug-likeness (QED) is 0.340. The zero-order valence-electron chi connectivity index (χ0n) is 15.5. The van der Waals surface area contributed by atoms with Crippen molar-refractivity contribution < 1.29 is 9.32 Å². The van der Waals surface area contributed by atoms with E-state index in [1.165, 1.54) is 4.90 Å². The summed E-state index contributed by atoms with van der Waals surface area (Å²) in [6, 6.07) is 7.28. The van der Waals surface area contributed by atoms with Crippen molar-refractivity contribution in [1.29, 1.82) is 0 Å². The summed E-state index contributed by atoms with van der Waals surface area (Å²) < 4.78 is 5.27. The molecule has 0 aliphatic carbocycles. The standard InChI is InChI=1S/C17H23ClN6O2.HI/c1-4-19-17(21-11-15(25)24(2)3)20-9-8-14-22-16(23-26-14)12-6-5-7-13(18)10-12;/h5-7,10H,4,8-9,11H2,1-3H3,(H2,19,20,21);1H. The maximum absolute atomic E-state index is 11.6. The van der Waals surface area contributed by atoms with Crippen LogP contribution in [0, 0.1) is 0 Å². The minimum absolute atomic E-state index is 0. The number of benzene rings is 1. The van der Waals surface area contributed by atoms with Gasteiger partial charge in [-0.25, -0.2) is 4.99 Å². The third-order valence-electron chi connectivity index (χ3n) is 3.40. The van der Waals surface area contributed by atoms with Crippen molar-refractivity contribution in [2.24, 2.45) is 4.99 Å². The molecule has 1 amide bonds. The van der Waals surface area contributed by atoms with E-state index >= 15 is 0 Å². The first kappa shape index (κ1) is 23.2. The number of hydrogen-bond acceptors (Lipinski definition) is 5. The van der Waals surface area contributed by atoms with Crippen LogP contribution in [0.4, 0.5) is 0 Å². The maximum atomic E-state index is 11.6. The van der Waals surface area contributed by atoms with Gasteiger partial charge in [-0.05, 0) is 19.1 Å². The van der Waals surface area contributed by atoms with E-state index in [0.29, 0.717) is 42.2 Å². The average molecular weight is 507 g/mol. The molecule has 1 aromatic carbocycles. The van der Waals surface area contributed by atoms with E-state index in [9.17, 15) is 4.79 Å². The first-order chi connectivity index (χ1) is 12.5. The molecule has 0 aliphatic rings. The highest BCUT2D eigenvalue weighted by molar-refractivity contribution is 14.0. The van der Waals surface area contributed by atoms with E-state index < -0.39 is 0 Å². The Hall–Kier alpha value is -1.88. The molecule has 0 fully saturated rings. The minimum atomic E-state index is -0.0646. The van der Waals surface area contributed by atoms with Crippen LogP contribution in [0.2, 0.25) is 5.02 Å². The van der Waals surface area contributed by atoms with Crippen LogP contribution in [0.1, 0.15) is 12.8 Å². The van der Waals surface area contributed by atoms with Crippen molar-refractivity contribution in [3.63, 3.8) is 0 Å².